The zero-order chi connectivity index (χ0) is 14.4. The molecule has 4 nitrogen and oxygen atoms in total. The summed E-state index contributed by atoms with van der Waals surface area (Å²) in [4.78, 5) is 13.7. The number of hydrogen-bond acceptors (Lipinski definition) is 3. The molecule has 1 aliphatic rings. The fraction of sp³-hybridized carbons (Fsp3) is 0.533. The Morgan fingerprint density at radius 1 is 1.35 bits per heavy atom. The summed E-state index contributed by atoms with van der Waals surface area (Å²) in [5.41, 5.74) is 0.517. The van der Waals surface area contributed by atoms with Gasteiger partial charge in [-0.1, -0.05) is 12.1 Å². The lowest BCUT2D eigenvalue weighted by molar-refractivity contribution is -0.131. The quantitative estimate of drug-likeness (QED) is 0.858. The van der Waals surface area contributed by atoms with Gasteiger partial charge in [0.2, 0.25) is 5.91 Å². The normalized spacial score (nSPS) is 17.0. The van der Waals surface area contributed by atoms with E-state index in [9.17, 15) is 14.3 Å². The minimum atomic E-state index is -0.806. The van der Waals surface area contributed by atoms with E-state index < -0.39 is 6.10 Å². The van der Waals surface area contributed by atoms with E-state index in [4.69, 9.17) is 0 Å². The number of aliphatic hydroxyl groups excluding tert-OH is 1. The molecule has 0 spiro atoms. The van der Waals surface area contributed by atoms with Crippen molar-refractivity contribution in [3.63, 3.8) is 0 Å². The van der Waals surface area contributed by atoms with Gasteiger partial charge in [-0.15, -0.1) is 0 Å². The van der Waals surface area contributed by atoms with Crippen LogP contribution in [0.15, 0.2) is 24.3 Å². The highest BCUT2D eigenvalue weighted by Crippen LogP contribution is 2.13. The van der Waals surface area contributed by atoms with E-state index in [-0.39, 0.29) is 24.8 Å². The third-order valence-corrected chi connectivity index (χ3v) is 3.56. The largest absolute Gasteiger partial charge is 0.387 e. The van der Waals surface area contributed by atoms with Gasteiger partial charge in [-0.2, -0.15) is 0 Å². The van der Waals surface area contributed by atoms with E-state index in [1.165, 1.54) is 18.6 Å². The second-order valence-corrected chi connectivity index (χ2v) is 5.14. The van der Waals surface area contributed by atoms with Crippen LogP contribution in [-0.2, 0) is 4.79 Å². The minimum absolute atomic E-state index is 0.0659. The Labute approximate surface area is 118 Å². The molecule has 2 rings (SSSR count). The molecule has 0 aliphatic carbocycles. The third kappa shape index (κ3) is 4.28. The molecule has 2 N–H and O–H groups in total. The summed E-state index contributed by atoms with van der Waals surface area (Å²) in [6.45, 7) is 2.11. The Morgan fingerprint density at radius 2 is 2.10 bits per heavy atom. The van der Waals surface area contributed by atoms with Crippen LogP contribution in [0, 0.1) is 5.82 Å². The molecule has 5 heteroatoms. The van der Waals surface area contributed by atoms with Crippen molar-refractivity contribution < 1.29 is 14.3 Å². The molecule has 20 heavy (non-hydrogen) atoms. The number of benzene rings is 1. The number of hydrogen-bond donors (Lipinski definition) is 2. The van der Waals surface area contributed by atoms with Crippen LogP contribution in [0.3, 0.4) is 0 Å². The molecule has 110 valence electrons. The van der Waals surface area contributed by atoms with Crippen molar-refractivity contribution in [2.75, 3.05) is 26.2 Å². The summed E-state index contributed by atoms with van der Waals surface area (Å²) < 4.78 is 13.0. The number of aliphatic hydroxyl groups is 1. The Morgan fingerprint density at radius 3 is 2.80 bits per heavy atom. The van der Waals surface area contributed by atoms with Gasteiger partial charge in [0, 0.05) is 19.6 Å². The molecule has 1 heterocycles. The number of nitrogens with zero attached hydrogens (tertiary/aromatic N) is 1. The third-order valence-electron chi connectivity index (χ3n) is 3.56. The molecule has 0 radical (unpaired) electrons. The summed E-state index contributed by atoms with van der Waals surface area (Å²) in [5, 5.41) is 12.9. The van der Waals surface area contributed by atoms with Crippen molar-refractivity contribution in [3.05, 3.63) is 35.6 Å². The first-order chi connectivity index (χ1) is 9.66. The van der Waals surface area contributed by atoms with Gasteiger partial charge in [0.25, 0.3) is 0 Å². The lowest BCUT2D eigenvalue weighted by Gasteiger charge is -2.27. The lowest BCUT2D eigenvalue weighted by Crippen LogP contribution is -2.41. The molecule has 1 unspecified atom stereocenters. The predicted molar refractivity (Wildman–Crippen MR) is 74.7 cm³/mol. The summed E-state index contributed by atoms with van der Waals surface area (Å²) in [6, 6.07) is 5.87. The van der Waals surface area contributed by atoms with Crippen molar-refractivity contribution in [1.82, 2.24) is 10.2 Å². The van der Waals surface area contributed by atoms with E-state index in [1.807, 2.05) is 4.90 Å². The Hall–Kier alpha value is -1.46. The summed E-state index contributed by atoms with van der Waals surface area (Å²) in [5.74, 6) is -0.304. The highest BCUT2D eigenvalue weighted by molar-refractivity contribution is 5.78. The van der Waals surface area contributed by atoms with Gasteiger partial charge in [-0.05, 0) is 37.0 Å². The molecule has 1 aliphatic heterocycles. The zero-order valence-electron chi connectivity index (χ0n) is 11.5. The summed E-state index contributed by atoms with van der Waals surface area (Å²) in [6.07, 6.45) is 2.52. The van der Waals surface area contributed by atoms with Crippen LogP contribution in [0.4, 0.5) is 4.39 Å². The first-order valence-corrected chi connectivity index (χ1v) is 7.09. The number of halogens is 1. The topological polar surface area (TPSA) is 52.6 Å². The standard InChI is InChI=1S/C15H21FN2O2/c16-13-6-4-5-12(9-13)14(19)10-17-11-15(20)18-7-2-1-3-8-18/h4-6,9,14,17,19H,1-3,7-8,10-11H2. The second kappa shape index (κ2) is 7.36. The predicted octanol–water partition coefficient (Wildman–Crippen LogP) is 1.46. The highest BCUT2D eigenvalue weighted by Gasteiger charge is 2.16. The van der Waals surface area contributed by atoms with Crippen molar-refractivity contribution in [2.24, 2.45) is 0 Å². The van der Waals surface area contributed by atoms with Crippen molar-refractivity contribution in [1.29, 1.82) is 0 Å². The number of rotatable bonds is 5. The van der Waals surface area contributed by atoms with Gasteiger partial charge in [-0.25, -0.2) is 4.39 Å². The average molecular weight is 280 g/mol. The zero-order valence-corrected chi connectivity index (χ0v) is 11.5. The van der Waals surface area contributed by atoms with Crippen LogP contribution < -0.4 is 5.32 Å². The first-order valence-electron chi connectivity index (χ1n) is 7.09. The number of carbonyl (C=O) groups is 1. The van der Waals surface area contributed by atoms with Gasteiger partial charge in [0.05, 0.1) is 12.6 Å². The van der Waals surface area contributed by atoms with Gasteiger partial charge in [0.15, 0.2) is 0 Å². The van der Waals surface area contributed by atoms with Gasteiger partial charge in [0.1, 0.15) is 5.82 Å². The molecule has 1 fully saturated rings. The van der Waals surface area contributed by atoms with E-state index >= 15 is 0 Å². The fourth-order valence-electron chi connectivity index (χ4n) is 2.40. The maximum Gasteiger partial charge on any atom is 0.236 e. The smallest absolute Gasteiger partial charge is 0.236 e. The van der Waals surface area contributed by atoms with Gasteiger partial charge in [-0.3, -0.25) is 4.79 Å². The summed E-state index contributed by atoms with van der Waals surface area (Å²) >= 11 is 0. The molecule has 1 saturated heterocycles. The Balaban J connectivity index is 1.73. The maximum absolute atomic E-state index is 13.0. The summed E-state index contributed by atoms with van der Waals surface area (Å²) in [7, 11) is 0. The van der Waals surface area contributed by atoms with E-state index in [1.54, 1.807) is 12.1 Å². The number of carbonyl (C=O) groups excluding carboxylic acids is 1. The van der Waals surface area contributed by atoms with E-state index in [2.05, 4.69) is 5.32 Å². The molecule has 1 aromatic rings. The van der Waals surface area contributed by atoms with Crippen molar-refractivity contribution >= 4 is 5.91 Å². The molecular formula is C15H21FN2O2. The number of nitrogens with one attached hydrogen (secondary N) is 1. The highest BCUT2D eigenvalue weighted by atomic mass is 19.1. The molecule has 0 aromatic heterocycles. The van der Waals surface area contributed by atoms with E-state index in [0.717, 1.165) is 25.9 Å². The van der Waals surface area contributed by atoms with Crippen molar-refractivity contribution in [3.8, 4) is 0 Å². The SMILES string of the molecule is O=C(CNCC(O)c1cccc(F)c1)N1CCCCC1. The fourth-order valence-corrected chi connectivity index (χ4v) is 2.40. The Bertz CT molecular complexity index is 447. The van der Waals surface area contributed by atoms with Crippen LogP contribution in [0.25, 0.3) is 0 Å². The lowest BCUT2D eigenvalue weighted by atomic mass is 10.1. The molecule has 0 saturated carbocycles. The molecule has 1 aromatic carbocycles. The molecule has 0 bridgehead atoms. The van der Waals surface area contributed by atoms with Crippen LogP contribution in [0.2, 0.25) is 0 Å². The van der Waals surface area contributed by atoms with Crippen LogP contribution in [0.5, 0.6) is 0 Å². The monoisotopic (exact) mass is 280 g/mol. The molecule has 1 amide bonds. The van der Waals surface area contributed by atoms with Crippen molar-refractivity contribution in [2.45, 2.75) is 25.4 Å². The number of piperidine rings is 1. The van der Waals surface area contributed by atoms with Gasteiger partial charge >= 0.3 is 0 Å². The second-order valence-electron chi connectivity index (χ2n) is 5.14. The molecule has 1 atom stereocenters. The number of likely N-dealkylation sites (tertiary alicyclic amines) is 1. The maximum atomic E-state index is 13.0. The van der Waals surface area contributed by atoms with Gasteiger partial charge < -0.3 is 15.3 Å². The minimum Gasteiger partial charge on any atom is -0.387 e. The first kappa shape index (κ1) is 14.9. The van der Waals surface area contributed by atoms with Crippen LogP contribution >= 0.6 is 0 Å². The number of amides is 1. The Kier molecular flexibility index (Phi) is 5.49. The molecular weight excluding hydrogens is 259 g/mol. The van der Waals surface area contributed by atoms with Crippen LogP contribution in [-0.4, -0.2) is 42.1 Å². The van der Waals surface area contributed by atoms with E-state index in [0.29, 0.717) is 5.56 Å². The van der Waals surface area contributed by atoms with Crippen LogP contribution in [0.1, 0.15) is 30.9 Å². The average Bonchev–Trinajstić information content (AvgIpc) is 2.48.